The van der Waals surface area contributed by atoms with Crippen molar-refractivity contribution in [1.29, 1.82) is 0 Å². The minimum atomic E-state index is -0.0128. The Hall–Kier alpha value is -0.790. The molecule has 0 atom stereocenters. The highest BCUT2D eigenvalue weighted by Crippen LogP contribution is 1.96. The van der Waals surface area contributed by atoms with E-state index in [1.807, 2.05) is 6.92 Å². The molecule has 0 unspecified atom stereocenters. The van der Waals surface area contributed by atoms with Crippen LogP contribution in [0, 0.1) is 5.92 Å². The lowest BCUT2D eigenvalue weighted by Gasteiger charge is -2.07. The zero-order chi connectivity index (χ0) is 8.85. The molecule has 1 N–H and O–H groups in total. The molecule has 1 amide bonds. The highest BCUT2D eigenvalue weighted by molar-refractivity contribution is 5.92. The van der Waals surface area contributed by atoms with Gasteiger partial charge in [-0.15, -0.1) is 0 Å². The third kappa shape index (κ3) is 4.59. The van der Waals surface area contributed by atoms with Gasteiger partial charge in [0.2, 0.25) is 5.91 Å². The van der Waals surface area contributed by atoms with E-state index in [0.717, 1.165) is 13.0 Å². The molecule has 11 heavy (non-hydrogen) atoms. The molecule has 0 aromatic carbocycles. The fraction of sp³-hybridized carbons (Fsp3) is 0.667. The summed E-state index contributed by atoms with van der Waals surface area (Å²) in [7, 11) is 0. The van der Waals surface area contributed by atoms with Crippen molar-refractivity contribution in [2.45, 2.75) is 27.2 Å². The van der Waals surface area contributed by atoms with Gasteiger partial charge in [-0.3, -0.25) is 4.79 Å². The number of nitrogens with one attached hydrogen (secondary N) is 1. The Balaban J connectivity index is 3.61. The summed E-state index contributed by atoms with van der Waals surface area (Å²) < 4.78 is 0. The van der Waals surface area contributed by atoms with E-state index in [2.05, 4.69) is 25.7 Å². The van der Waals surface area contributed by atoms with Gasteiger partial charge in [0.25, 0.3) is 0 Å². The molecule has 0 radical (unpaired) electrons. The van der Waals surface area contributed by atoms with E-state index in [-0.39, 0.29) is 5.91 Å². The highest BCUT2D eigenvalue weighted by atomic mass is 16.1. The molecule has 0 rings (SSSR count). The van der Waals surface area contributed by atoms with Gasteiger partial charge >= 0.3 is 0 Å². The van der Waals surface area contributed by atoms with E-state index in [0.29, 0.717) is 11.5 Å². The molecule has 0 saturated heterocycles. The number of carbonyl (C=O) groups is 1. The van der Waals surface area contributed by atoms with Crippen LogP contribution in [-0.4, -0.2) is 12.5 Å². The molecule has 0 bridgehead atoms. The zero-order valence-corrected chi connectivity index (χ0v) is 7.61. The number of amides is 1. The van der Waals surface area contributed by atoms with Crippen LogP contribution in [0.1, 0.15) is 27.2 Å². The predicted octanol–water partition coefficient (Wildman–Crippen LogP) is 1.72. The molecule has 0 aliphatic heterocycles. The maximum atomic E-state index is 11.1. The number of hydrogen-bond donors (Lipinski definition) is 1. The summed E-state index contributed by atoms with van der Waals surface area (Å²) in [4.78, 5) is 11.1. The monoisotopic (exact) mass is 155 g/mol. The van der Waals surface area contributed by atoms with Crippen LogP contribution in [0.2, 0.25) is 0 Å². The summed E-state index contributed by atoms with van der Waals surface area (Å²) in [5, 5.41) is 2.79. The van der Waals surface area contributed by atoms with Crippen LogP contribution >= 0.6 is 0 Å². The minimum Gasteiger partial charge on any atom is -0.352 e. The summed E-state index contributed by atoms with van der Waals surface area (Å²) in [6.45, 7) is 10.4. The van der Waals surface area contributed by atoms with Crippen molar-refractivity contribution in [3.8, 4) is 0 Å². The van der Waals surface area contributed by atoms with E-state index < -0.39 is 0 Å². The fourth-order valence-electron chi connectivity index (χ4n) is 0.582. The van der Waals surface area contributed by atoms with E-state index in [1.54, 1.807) is 0 Å². The second kappa shape index (κ2) is 4.94. The third-order valence-corrected chi connectivity index (χ3v) is 1.42. The van der Waals surface area contributed by atoms with Crippen molar-refractivity contribution in [2.75, 3.05) is 6.54 Å². The van der Waals surface area contributed by atoms with Gasteiger partial charge in [0.1, 0.15) is 0 Å². The quantitative estimate of drug-likeness (QED) is 0.615. The molecular formula is C9H17NO. The summed E-state index contributed by atoms with van der Waals surface area (Å²) in [6.07, 6.45) is 0.726. The lowest BCUT2D eigenvalue weighted by atomic mass is 10.2. The van der Waals surface area contributed by atoms with Crippen molar-refractivity contribution in [3.63, 3.8) is 0 Å². The van der Waals surface area contributed by atoms with E-state index in [1.165, 1.54) is 0 Å². The molecule has 0 aliphatic carbocycles. The minimum absolute atomic E-state index is 0.0128. The van der Waals surface area contributed by atoms with Gasteiger partial charge in [0.05, 0.1) is 0 Å². The molecule has 64 valence electrons. The lowest BCUT2D eigenvalue weighted by molar-refractivity contribution is -0.117. The maximum Gasteiger partial charge on any atom is 0.246 e. The van der Waals surface area contributed by atoms with Gasteiger partial charge in [0.15, 0.2) is 0 Å². The molecule has 0 aromatic rings. The Morgan fingerprint density at radius 3 is 2.45 bits per heavy atom. The van der Waals surface area contributed by atoms with Crippen molar-refractivity contribution in [3.05, 3.63) is 12.2 Å². The van der Waals surface area contributed by atoms with Gasteiger partial charge in [0, 0.05) is 12.1 Å². The SMILES string of the molecule is C=C(CC)C(=O)NCC(C)C. The van der Waals surface area contributed by atoms with E-state index in [9.17, 15) is 4.79 Å². The average molecular weight is 155 g/mol. The van der Waals surface area contributed by atoms with Crippen molar-refractivity contribution >= 4 is 5.91 Å². The molecule has 0 fully saturated rings. The Morgan fingerprint density at radius 2 is 2.09 bits per heavy atom. The summed E-state index contributed by atoms with van der Waals surface area (Å²) in [6, 6.07) is 0. The Kier molecular flexibility index (Phi) is 4.59. The Morgan fingerprint density at radius 1 is 1.55 bits per heavy atom. The van der Waals surface area contributed by atoms with Gasteiger partial charge in [-0.25, -0.2) is 0 Å². The van der Waals surface area contributed by atoms with Crippen LogP contribution in [0.15, 0.2) is 12.2 Å². The first-order valence-electron chi connectivity index (χ1n) is 4.03. The van der Waals surface area contributed by atoms with Gasteiger partial charge in [-0.05, 0) is 12.3 Å². The smallest absolute Gasteiger partial charge is 0.246 e. The van der Waals surface area contributed by atoms with Crippen LogP contribution in [0.25, 0.3) is 0 Å². The van der Waals surface area contributed by atoms with Gasteiger partial charge in [-0.2, -0.15) is 0 Å². The lowest BCUT2D eigenvalue weighted by Crippen LogP contribution is -2.28. The summed E-state index contributed by atoms with van der Waals surface area (Å²) in [5.41, 5.74) is 0.658. The molecule has 0 aromatic heterocycles. The standard InChI is InChI=1S/C9H17NO/c1-5-8(4)9(11)10-6-7(2)3/h7H,4-6H2,1-3H3,(H,10,11). The van der Waals surface area contributed by atoms with Crippen LogP contribution in [-0.2, 0) is 4.79 Å². The number of rotatable bonds is 4. The second-order valence-corrected chi connectivity index (χ2v) is 3.06. The summed E-state index contributed by atoms with van der Waals surface area (Å²) >= 11 is 0. The van der Waals surface area contributed by atoms with Crippen LogP contribution in [0.5, 0.6) is 0 Å². The topological polar surface area (TPSA) is 29.1 Å². The van der Waals surface area contributed by atoms with Crippen molar-refractivity contribution < 1.29 is 4.79 Å². The molecular weight excluding hydrogens is 138 g/mol. The summed E-state index contributed by atoms with van der Waals surface area (Å²) in [5.74, 6) is 0.491. The third-order valence-electron chi connectivity index (χ3n) is 1.42. The first-order valence-corrected chi connectivity index (χ1v) is 4.03. The molecule has 2 nitrogen and oxygen atoms in total. The first-order chi connectivity index (χ1) is 5.07. The van der Waals surface area contributed by atoms with Gasteiger partial charge in [-0.1, -0.05) is 27.4 Å². The maximum absolute atomic E-state index is 11.1. The highest BCUT2D eigenvalue weighted by Gasteiger charge is 2.03. The zero-order valence-electron chi connectivity index (χ0n) is 7.61. The van der Waals surface area contributed by atoms with Crippen LogP contribution in [0.3, 0.4) is 0 Å². The Labute approximate surface area is 68.7 Å². The Bertz CT molecular complexity index is 150. The number of hydrogen-bond acceptors (Lipinski definition) is 1. The van der Waals surface area contributed by atoms with Crippen LogP contribution in [0.4, 0.5) is 0 Å². The molecule has 2 heteroatoms. The molecule has 0 saturated carbocycles. The van der Waals surface area contributed by atoms with Crippen molar-refractivity contribution in [2.24, 2.45) is 5.92 Å². The van der Waals surface area contributed by atoms with Crippen molar-refractivity contribution in [1.82, 2.24) is 5.32 Å². The second-order valence-electron chi connectivity index (χ2n) is 3.06. The molecule has 0 aliphatic rings. The molecule has 0 heterocycles. The number of carbonyl (C=O) groups excluding carboxylic acids is 1. The first kappa shape index (κ1) is 10.2. The average Bonchev–Trinajstić information content (AvgIpc) is 1.98. The van der Waals surface area contributed by atoms with Crippen LogP contribution < -0.4 is 5.32 Å². The van der Waals surface area contributed by atoms with E-state index in [4.69, 9.17) is 0 Å². The largest absolute Gasteiger partial charge is 0.352 e. The molecule has 0 spiro atoms. The van der Waals surface area contributed by atoms with Gasteiger partial charge < -0.3 is 5.32 Å². The fourth-order valence-corrected chi connectivity index (χ4v) is 0.582. The normalized spacial score (nSPS) is 9.82. The predicted molar refractivity (Wildman–Crippen MR) is 47.3 cm³/mol. The van der Waals surface area contributed by atoms with E-state index >= 15 is 0 Å².